The van der Waals surface area contributed by atoms with Gasteiger partial charge in [0.15, 0.2) is 0 Å². The van der Waals surface area contributed by atoms with E-state index in [0.29, 0.717) is 12.5 Å². The number of nitrogens with one attached hydrogen (secondary N) is 1. The highest BCUT2D eigenvalue weighted by atomic mass is 16.2. The van der Waals surface area contributed by atoms with Crippen molar-refractivity contribution in [2.75, 3.05) is 0 Å². The van der Waals surface area contributed by atoms with Gasteiger partial charge in [-0.15, -0.1) is 0 Å². The Morgan fingerprint density at radius 1 is 1.32 bits per heavy atom. The zero-order valence-electron chi connectivity index (χ0n) is 15.3. The predicted molar refractivity (Wildman–Crippen MR) is 97.8 cm³/mol. The molecule has 132 valence electrons. The Bertz CT molecular complexity index is 866. The lowest BCUT2D eigenvalue weighted by Gasteiger charge is -2.19. The summed E-state index contributed by atoms with van der Waals surface area (Å²) in [5.74, 6) is 0.0994. The van der Waals surface area contributed by atoms with Crippen molar-refractivity contribution in [1.29, 1.82) is 0 Å². The van der Waals surface area contributed by atoms with Crippen LogP contribution < -0.4 is 10.9 Å². The fourth-order valence-electron chi connectivity index (χ4n) is 3.40. The van der Waals surface area contributed by atoms with Crippen LogP contribution in [0.3, 0.4) is 0 Å². The maximum atomic E-state index is 12.9. The van der Waals surface area contributed by atoms with E-state index in [-0.39, 0.29) is 23.1 Å². The average Bonchev–Trinajstić information content (AvgIpc) is 3.37. The minimum absolute atomic E-state index is 0.137. The SMILES string of the molecule is CCn1c(C)cc(C)c(C(=O)NC(c2cc(C)ccn2)C2CC2)c1=O. The average molecular weight is 339 g/mol. The molecule has 1 atom stereocenters. The van der Waals surface area contributed by atoms with Crippen molar-refractivity contribution in [1.82, 2.24) is 14.9 Å². The first-order chi connectivity index (χ1) is 11.9. The summed E-state index contributed by atoms with van der Waals surface area (Å²) < 4.78 is 1.64. The summed E-state index contributed by atoms with van der Waals surface area (Å²) in [4.78, 5) is 30.1. The van der Waals surface area contributed by atoms with Gasteiger partial charge in [0.05, 0.1) is 11.7 Å². The molecule has 0 saturated heterocycles. The molecule has 2 aromatic heterocycles. The molecule has 3 rings (SSSR count). The monoisotopic (exact) mass is 339 g/mol. The van der Waals surface area contributed by atoms with E-state index in [9.17, 15) is 9.59 Å². The Balaban J connectivity index is 1.94. The van der Waals surface area contributed by atoms with Crippen LogP contribution in [-0.2, 0) is 6.54 Å². The van der Waals surface area contributed by atoms with Crippen molar-refractivity contribution < 1.29 is 4.79 Å². The van der Waals surface area contributed by atoms with Crippen LogP contribution in [-0.4, -0.2) is 15.5 Å². The molecule has 2 aromatic rings. The quantitative estimate of drug-likeness (QED) is 0.910. The second-order valence-electron chi connectivity index (χ2n) is 6.94. The van der Waals surface area contributed by atoms with E-state index in [1.165, 1.54) is 0 Å². The van der Waals surface area contributed by atoms with Crippen LogP contribution in [0.4, 0.5) is 0 Å². The Labute approximate surface area is 148 Å². The zero-order chi connectivity index (χ0) is 18.1. The second kappa shape index (κ2) is 6.82. The van der Waals surface area contributed by atoms with Crippen LogP contribution in [0.2, 0.25) is 0 Å². The van der Waals surface area contributed by atoms with E-state index in [4.69, 9.17) is 0 Å². The molecule has 1 amide bonds. The van der Waals surface area contributed by atoms with E-state index in [2.05, 4.69) is 10.3 Å². The van der Waals surface area contributed by atoms with Crippen molar-refractivity contribution in [2.45, 2.75) is 53.1 Å². The first kappa shape index (κ1) is 17.4. The number of aryl methyl sites for hydroxylation is 3. The normalized spacial score (nSPS) is 15.0. The van der Waals surface area contributed by atoms with E-state index in [1.54, 1.807) is 10.8 Å². The number of hydrogen-bond acceptors (Lipinski definition) is 3. The third-order valence-corrected chi connectivity index (χ3v) is 4.88. The fraction of sp³-hybridized carbons (Fsp3) is 0.450. The number of amides is 1. The Hall–Kier alpha value is -2.43. The first-order valence-corrected chi connectivity index (χ1v) is 8.86. The number of carbonyl (C=O) groups is 1. The summed E-state index contributed by atoms with van der Waals surface area (Å²) >= 11 is 0. The molecule has 5 nitrogen and oxygen atoms in total. The number of carbonyl (C=O) groups excluding carboxylic acids is 1. The topological polar surface area (TPSA) is 64.0 Å². The summed E-state index contributed by atoms with van der Waals surface area (Å²) in [5, 5.41) is 3.08. The molecule has 1 N–H and O–H groups in total. The van der Waals surface area contributed by atoms with Crippen molar-refractivity contribution >= 4 is 5.91 Å². The highest BCUT2D eigenvalue weighted by Crippen LogP contribution is 2.40. The maximum absolute atomic E-state index is 12.9. The van der Waals surface area contributed by atoms with Gasteiger partial charge in [-0.1, -0.05) is 0 Å². The zero-order valence-corrected chi connectivity index (χ0v) is 15.3. The van der Waals surface area contributed by atoms with Crippen LogP contribution >= 0.6 is 0 Å². The number of rotatable bonds is 5. The summed E-state index contributed by atoms with van der Waals surface area (Å²) in [6, 6.07) is 5.72. The molecule has 0 radical (unpaired) electrons. The van der Waals surface area contributed by atoms with Gasteiger partial charge in [-0.05, 0) is 75.8 Å². The fourth-order valence-corrected chi connectivity index (χ4v) is 3.40. The van der Waals surface area contributed by atoms with Crippen LogP contribution in [0.15, 0.2) is 29.2 Å². The summed E-state index contributed by atoms with van der Waals surface area (Å²) in [5.41, 5.74) is 3.60. The molecule has 1 unspecified atom stereocenters. The Kier molecular flexibility index (Phi) is 4.75. The van der Waals surface area contributed by atoms with Crippen molar-refractivity contribution in [3.63, 3.8) is 0 Å². The van der Waals surface area contributed by atoms with Crippen molar-refractivity contribution in [2.24, 2.45) is 5.92 Å². The van der Waals surface area contributed by atoms with E-state index in [1.807, 2.05) is 45.9 Å². The molecule has 1 saturated carbocycles. The molecule has 25 heavy (non-hydrogen) atoms. The van der Waals surface area contributed by atoms with Gasteiger partial charge in [0.25, 0.3) is 11.5 Å². The highest BCUT2D eigenvalue weighted by molar-refractivity contribution is 5.95. The van der Waals surface area contributed by atoms with Gasteiger partial charge >= 0.3 is 0 Å². The van der Waals surface area contributed by atoms with Gasteiger partial charge in [0, 0.05) is 18.4 Å². The van der Waals surface area contributed by atoms with Crippen LogP contribution in [0.1, 0.15) is 58.7 Å². The van der Waals surface area contributed by atoms with Crippen LogP contribution in [0.5, 0.6) is 0 Å². The first-order valence-electron chi connectivity index (χ1n) is 8.86. The van der Waals surface area contributed by atoms with Gasteiger partial charge in [-0.2, -0.15) is 0 Å². The lowest BCUT2D eigenvalue weighted by molar-refractivity contribution is 0.0928. The Morgan fingerprint density at radius 3 is 2.64 bits per heavy atom. The van der Waals surface area contributed by atoms with Crippen molar-refractivity contribution in [3.05, 3.63) is 62.8 Å². The standard InChI is InChI=1S/C20H25N3O2/c1-5-23-14(4)11-13(3)17(20(23)25)19(24)22-18(15-6-7-15)16-10-12(2)8-9-21-16/h8-11,15,18H,5-7H2,1-4H3,(H,22,24). The molecular weight excluding hydrogens is 314 g/mol. The molecule has 1 aliphatic rings. The number of aromatic nitrogens is 2. The number of hydrogen-bond donors (Lipinski definition) is 1. The largest absolute Gasteiger partial charge is 0.343 e. The molecule has 1 aliphatic carbocycles. The van der Waals surface area contributed by atoms with E-state index in [0.717, 1.165) is 35.4 Å². The summed E-state index contributed by atoms with van der Waals surface area (Å²) in [6.07, 6.45) is 3.92. The maximum Gasteiger partial charge on any atom is 0.263 e. The van der Waals surface area contributed by atoms with E-state index >= 15 is 0 Å². The summed E-state index contributed by atoms with van der Waals surface area (Å²) in [7, 11) is 0. The summed E-state index contributed by atoms with van der Waals surface area (Å²) in [6.45, 7) is 8.19. The molecule has 0 aliphatic heterocycles. The van der Waals surface area contributed by atoms with Gasteiger partial charge in [0.1, 0.15) is 5.56 Å². The second-order valence-corrected chi connectivity index (χ2v) is 6.94. The molecule has 0 spiro atoms. The lowest BCUT2D eigenvalue weighted by atomic mass is 10.0. The lowest BCUT2D eigenvalue weighted by Crippen LogP contribution is -2.37. The minimum Gasteiger partial charge on any atom is -0.343 e. The molecule has 0 aromatic carbocycles. The number of nitrogens with zero attached hydrogens (tertiary/aromatic N) is 2. The van der Waals surface area contributed by atoms with Crippen LogP contribution in [0.25, 0.3) is 0 Å². The smallest absolute Gasteiger partial charge is 0.263 e. The molecular formula is C20H25N3O2. The molecule has 5 heteroatoms. The predicted octanol–water partition coefficient (Wildman–Crippen LogP) is 3.07. The van der Waals surface area contributed by atoms with Gasteiger partial charge in [-0.25, -0.2) is 0 Å². The van der Waals surface area contributed by atoms with Gasteiger partial charge in [0.2, 0.25) is 0 Å². The van der Waals surface area contributed by atoms with Crippen LogP contribution in [0, 0.1) is 26.7 Å². The molecule has 1 fully saturated rings. The number of pyridine rings is 2. The third kappa shape index (κ3) is 3.50. The minimum atomic E-state index is -0.301. The highest BCUT2D eigenvalue weighted by Gasteiger charge is 2.35. The molecule has 2 heterocycles. The van der Waals surface area contributed by atoms with E-state index < -0.39 is 0 Å². The van der Waals surface area contributed by atoms with Crippen molar-refractivity contribution in [3.8, 4) is 0 Å². The Morgan fingerprint density at radius 2 is 2.04 bits per heavy atom. The van der Waals surface area contributed by atoms with Gasteiger partial charge in [-0.3, -0.25) is 14.6 Å². The van der Waals surface area contributed by atoms with Gasteiger partial charge < -0.3 is 9.88 Å². The molecule has 0 bridgehead atoms. The third-order valence-electron chi connectivity index (χ3n) is 4.88.